The Morgan fingerprint density at radius 3 is 2.96 bits per heavy atom. The molecule has 0 aliphatic carbocycles. The number of aliphatic hydroxyl groups is 1. The molecule has 6 nitrogen and oxygen atoms in total. The van der Waals surface area contributed by atoms with Crippen molar-refractivity contribution >= 4 is 22.8 Å². The minimum absolute atomic E-state index is 0.0983. The molecule has 1 atom stereocenters. The van der Waals surface area contributed by atoms with E-state index in [0.29, 0.717) is 10.8 Å². The quantitative estimate of drug-likeness (QED) is 0.774. The Kier molecular flexibility index (Phi) is 6.68. The van der Waals surface area contributed by atoms with Crippen LogP contribution in [0.4, 0.5) is 0 Å². The monoisotopic (exact) mass is 338 g/mol. The Morgan fingerprint density at radius 1 is 1.43 bits per heavy atom. The number of hydrogen-bond acceptors (Lipinski definition) is 5. The van der Waals surface area contributed by atoms with Crippen LogP contribution in [0.1, 0.15) is 25.8 Å². The lowest BCUT2D eigenvalue weighted by Crippen LogP contribution is -2.21. The Hall–Kier alpha value is -1.31. The Morgan fingerprint density at radius 2 is 2.22 bits per heavy atom. The van der Waals surface area contributed by atoms with Gasteiger partial charge >= 0.3 is 0 Å². The van der Waals surface area contributed by atoms with Crippen molar-refractivity contribution in [1.82, 2.24) is 19.9 Å². The predicted octanol–water partition coefficient (Wildman–Crippen LogP) is 1.82. The normalized spacial score (nSPS) is 18.4. The average Bonchev–Trinajstić information content (AvgIpc) is 3.16. The summed E-state index contributed by atoms with van der Waals surface area (Å²) in [5.41, 5.74) is 2.41. The predicted molar refractivity (Wildman–Crippen MR) is 95.8 cm³/mol. The lowest BCUT2D eigenvalue weighted by atomic mass is 10.2. The van der Waals surface area contributed by atoms with Crippen LogP contribution in [-0.4, -0.2) is 56.2 Å². The highest BCUT2D eigenvalue weighted by atomic mass is 32.2. The molecule has 3 N–H and O–H groups in total. The maximum absolute atomic E-state index is 11.7. The van der Waals surface area contributed by atoms with Crippen LogP contribution in [0.3, 0.4) is 0 Å². The molecule has 0 aromatic carbocycles. The van der Waals surface area contributed by atoms with Crippen LogP contribution in [-0.2, 0) is 6.54 Å². The van der Waals surface area contributed by atoms with Gasteiger partial charge in [0.15, 0.2) is 0 Å². The van der Waals surface area contributed by atoms with Gasteiger partial charge in [-0.15, -0.1) is 0 Å². The van der Waals surface area contributed by atoms with Crippen LogP contribution < -0.4 is 5.56 Å². The van der Waals surface area contributed by atoms with Crippen molar-refractivity contribution in [2.75, 3.05) is 26.0 Å². The largest absolute Gasteiger partial charge is 0.400 e. The first-order valence-electron chi connectivity index (χ1n) is 7.96. The molecular weight excluding hydrogens is 312 g/mol. The van der Waals surface area contributed by atoms with Crippen LogP contribution in [0, 0.1) is 5.92 Å². The number of likely N-dealkylation sites (tertiary alicyclic amines) is 1. The molecule has 3 rings (SSSR count). The molecule has 0 saturated carbocycles. The summed E-state index contributed by atoms with van der Waals surface area (Å²) in [5.74, 6) is 2.04. The maximum atomic E-state index is 11.7. The number of nitrogens with zero attached hydrogens (tertiary/aromatic N) is 2. The zero-order chi connectivity index (χ0) is 16.8. The van der Waals surface area contributed by atoms with Gasteiger partial charge in [-0.05, 0) is 29.9 Å². The number of nitrogens with one attached hydrogen (secondary N) is 2. The first kappa shape index (κ1) is 18.0. The van der Waals surface area contributed by atoms with Crippen LogP contribution in [0.2, 0.25) is 0 Å². The fourth-order valence-electron chi connectivity index (χ4n) is 2.89. The number of thioether (sulfide) groups is 1. The third-order valence-electron chi connectivity index (χ3n) is 3.98. The number of fused-ring (bicyclic) bond motifs is 1. The molecule has 23 heavy (non-hydrogen) atoms. The van der Waals surface area contributed by atoms with E-state index >= 15 is 0 Å². The molecule has 2 aromatic rings. The summed E-state index contributed by atoms with van der Waals surface area (Å²) in [4.78, 5) is 24.1. The number of aromatic amines is 2. The third kappa shape index (κ3) is 4.59. The van der Waals surface area contributed by atoms with Gasteiger partial charge < -0.3 is 15.1 Å². The molecule has 7 heteroatoms. The van der Waals surface area contributed by atoms with Crippen molar-refractivity contribution in [2.45, 2.75) is 32.1 Å². The standard InChI is InChI=1S/C15H22N4OS.CH4O/c1-10(2)21-8-11-3-4-19(6-11)7-12-5-16-14-13(12)17-9-18-15(14)20;1-2/h5,9-11,16H,3-4,6-8H2,1-2H3,(H,17,18,20);2H,1H3/t11-;/m1./s1. The number of aliphatic hydroxyl groups excluding tert-OH is 1. The second kappa shape index (κ2) is 8.52. The zero-order valence-electron chi connectivity index (χ0n) is 14.0. The Bertz CT molecular complexity index is 667. The smallest absolute Gasteiger partial charge is 0.275 e. The maximum Gasteiger partial charge on any atom is 0.275 e. The number of hydrogen-bond donors (Lipinski definition) is 3. The van der Waals surface area contributed by atoms with E-state index < -0.39 is 0 Å². The van der Waals surface area contributed by atoms with Gasteiger partial charge in [-0.25, -0.2) is 4.98 Å². The fraction of sp³-hybridized carbons (Fsp3) is 0.625. The van der Waals surface area contributed by atoms with E-state index in [-0.39, 0.29) is 5.56 Å². The van der Waals surface area contributed by atoms with Crippen LogP contribution in [0.15, 0.2) is 17.3 Å². The molecule has 128 valence electrons. The van der Waals surface area contributed by atoms with E-state index in [1.165, 1.54) is 18.5 Å². The number of H-pyrrole nitrogens is 2. The van der Waals surface area contributed by atoms with E-state index in [1.54, 1.807) is 0 Å². The molecule has 0 unspecified atom stereocenters. The summed E-state index contributed by atoms with van der Waals surface area (Å²) in [6, 6.07) is 0. The van der Waals surface area contributed by atoms with Crippen LogP contribution in [0.25, 0.3) is 11.0 Å². The topological polar surface area (TPSA) is 85.0 Å². The zero-order valence-corrected chi connectivity index (χ0v) is 14.8. The van der Waals surface area contributed by atoms with E-state index in [2.05, 4.69) is 45.5 Å². The minimum atomic E-state index is -0.0983. The van der Waals surface area contributed by atoms with Crippen LogP contribution in [0.5, 0.6) is 0 Å². The highest BCUT2D eigenvalue weighted by Gasteiger charge is 2.23. The van der Waals surface area contributed by atoms with Crippen molar-refractivity contribution in [3.8, 4) is 0 Å². The van der Waals surface area contributed by atoms with Gasteiger partial charge in [0.2, 0.25) is 0 Å². The molecule has 0 bridgehead atoms. The summed E-state index contributed by atoms with van der Waals surface area (Å²) in [7, 11) is 1.00. The van der Waals surface area contributed by atoms with Crippen molar-refractivity contribution in [3.05, 3.63) is 28.4 Å². The van der Waals surface area contributed by atoms with E-state index in [9.17, 15) is 4.79 Å². The Balaban J connectivity index is 0.000000924. The lowest BCUT2D eigenvalue weighted by molar-refractivity contribution is 0.322. The van der Waals surface area contributed by atoms with Crippen LogP contribution >= 0.6 is 11.8 Å². The van der Waals surface area contributed by atoms with Gasteiger partial charge in [-0.1, -0.05) is 13.8 Å². The minimum Gasteiger partial charge on any atom is -0.400 e. The molecule has 1 saturated heterocycles. The first-order valence-corrected chi connectivity index (χ1v) is 9.00. The third-order valence-corrected chi connectivity index (χ3v) is 5.31. The molecule has 1 aliphatic heterocycles. The van der Waals surface area contributed by atoms with Gasteiger partial charge in [0.05, 0.1) is 11.8 Å². The highest BCUT2D eigenvalue weighted by molar-refractivity contribution is 7.99. The van der Waals surface area contributed by atoms with E-state index in [4.69, 9.17) is 5.11 Å². The van der Waals surface area contributed by atoms with Gasteiger partial charge in [-0.2, -0.15) is 11.8 Å². The fourth-order valence-corrected chi connectivity index (χ4v) is 3.82. The second-order valence-corrected chi connectivity index (χ2v) is 7.65. The summed E-state index contributed by atoms with van der Waals surface area (Å²) in [6.45, 7) is 7.67. The summed E-state index contributed by atoms with van der Waals surface area (Å²) in [5, 5.41) is 7.71. The van der Waals surface area contributed by atoms with E-state index in [0.717, 1.165) is 43.7 Å². The molecule has 2 aromatic heterocycles. The molecule has 1 aliphatic rings. The lowest BCUT2D eigenvalue weighted by Gasteiger charge is -2.15. The molecule has 1 fully saturated rings. The van der Waals surface area contributed by atoms with Gasteiger partial charge in [0.1, 0.15) is 5.52 Å². The molecule has 0 radical (unpaired) electrons. The van der Waals surface area contributed by atoms with Gasteiger partial charge in [0.25, 0.3) is 5.56 Å². The summed E-state index contributed by atoms with van der Waals surface area (Å²) < 4.78 is 0. The van der Waals surface area contributed by atoms with Crippen molar-refractivity contribution in [2.24, 2.45) is 5.92 Å². The Labute approximate surface area is 140 Å². The van der Waals surface area contributed by atoms with Crippen molar-refractivity contribution < 1.29 is 5.11 Å². The van der Waals surface area contributed by atoms with Gasteiger partial charge in [-0.3, -0.25) is 9.69 Å². The second-order valence-electron chi connectivity index (χ2n) is 6.04. The molecule has 0 amide bonds. The summed E-state index contributed by atoms with van der Waals surface area (Å²) in [6.07, 6.45) is 4.67. The molecular formula is C16H26N4O2S. The number of rotatable bonds is 5. The van der Waals surface area contributed by atoms with E-state index in [1.807, 2.05) is 6.20 Å². The van der Waals surface area contributed by atoms with Gasteiger partial charge in [0, 0.05) is 32.0 Å². The van der Waals surface area contributed by atoms with Crippen molar-refractivity contribution in [1.29, 1.82) is 0 Å². The number of aromatic nitrogens is 3. The summed E-state index contributed by atoms with van der Waals surface area (Å²) >= 11 is 2.05. The molecule has 0 spiro atoms. The average molecular weight is 338 g/mol. The first-order chi connectivity index (χ1) is 11.1. The molecule has 3 heterocycles. The highest BCUT2D eigenvalue weighted by Crippen LogP contribution is 2.25. The van der Waals surface area contributed by atoms with Crippen molar-refractivity contribution in [3.63, 3.8) is 0 Å². The SMILES string of the molecule is CC(C)SC[C@@H]1CCN(Cc2c[nH]c3c(=O)[nH]cnc23)C1.CO.